The molecule has 1 heterocycles. The van der Waals surface area contributed by atoms with E-state index in [9.17, 15) is 34.2 Å². The number of carbonyl (C=O) groups is 5. The van der Waals surface area contributed by atoms with Gasteiger partial charge in [-0.25, -0.2) is 0 Å². The zero-order valence-corrected chi connectivity index (χ0v) is 21.7. The summed E-state index contributed by atoms with van der Waals surface area (Å²) in [4.78, 5) is 61.2. The number of aliphatic hydroxyl groups excluding tert-OH is 1. The Balaban J connectivity index is 3.34. The van der Waals surface area contributed by atoms with Crippen molar-refractivity contribution in [3.8, 4) is 0 Å². The van der Waals surface area contributed by atoms with E-state index in [1.165, 1.54) is 26.3 Å². The van der Waals surface area contributed by atoms with E-state index >= 15 is 0 Å². The molecule has 0 bridgehead atoms. The van der Waals surface area contributed by atoms with Crippen molar-refractivity contribution < 1.29 is 53.5 Å². The fourth-order valence-electron chi connectivity index (χ4n) is 3.10. The molecule has 3 unspecified atom stereocenters. The predicted octanol–water partition coefficient (Wildman–Crippen LogP) is -3.71. The molecule has 192 valence electrons. The topological polar surface area (TPSA) is 226 Å². The van der Waals surface area contributed by atoms with Crippen LogP contribution in [0.4, 0.5) is 0 Å². The summed E-state index contributed by atoms with van der Waals surface area (Å²) in [6.07, 6.45) is 0.829. The van der Waals surface area contributed by atoms with Gasteiger partial charge in [-0.1, -0.05) is 0 Å². The van der Waals surface area contributed by atoms with Crippen LogP contribution in [-0.2, 0) is 43.3 Å². The van der Waals surface area contributed by atoms with Gasteiger partial charge in [-0.05, 0) is 0 Å². The van der Waals surface area contributed by atoms with Gasteiger partial charge < -0.3 is 0 Å². The van der Waals surface area contributed by atoms with Gasteiger partial charge in [-0.15, -0.1) is 0 Å². The van der Waals surface area contributed by atoms with E-state index in [1.807, 2.05) is 6.92 Å². The van der Waals surface area contributed by atoms with E-state index < -0.39 is 71.7 Å². The summed E-state index contributed by atoms with van der Waals surface area (Å²) in [7, 11) is 0. The molecule has 0 saturated carbocycles. The Bertz CT molecular complexity index is 801. The number of amides is 4. The summed E-state index contributed by atoms with van der Waals surface area (Å²) in [6.45, 7) is 2.52. The van der Waals surface area contributed by atoms with Crippen LogP contribution in [0.3, 0.4) is 0 Å². The molecule has 0 aromatic carbocycles. The third kappa shape index (κ3) is 9.41. The van der Waals surface area contributed by atoms with Crippen molar-refractivity contribution in [1.29, 1.82) is 0 Å². The van der Waals surface area contributed by atoms with Crippen LogP contribution >= 0.6 is 11.8 Å². The van der Waals surface area contributed by atoms with Crippen LogP contribution in [-0.4, -0.2) is 91.7 Å². The Morgan fingerprint density at radius 3 is 2.24 bits per heavy atom. The van der Waals surface area contributed by atoms with E-state index in [1.54, 1.807) is 0 Å². The van der Waals surface area contributed by atoms with Gasteiger partial charge >= 0.3 is 213 Å². The fraction of sp³-hybridized carbons (Fsp3) is 0.684. The molecule has 0 aromatic heterocycles. The molecular formula is C19H32MoN6O7S. The number of hydrogen-bond acceptors (Lipinski definition) is 9. The van der Waals surface area contributed by atoms with Crippen molar-refractivity contribution >= 4 is 45.4 Å². The quantitative estimate of drug-likeness (QED) is 0.143. The summed E-state index contributed by atoms with van der Waals surface area (Å²) < 4.78 is 0.425. The van der Waals surface area contributed by atoms with Crippen molar-refractivity contribution in [2.75, 3.05) is 12.4 Å². The number of rotatable bonds is 6. The number of hydrogen-bond donors (Lipinski definition) is 8. The van der Waals surface area contributed by atoms with Crippen molar-refractivity contribution in [2.45, 2.75) is 68.6 Å². The molecule has 1 rings (SSSR count). The Labute approximate surface area is 212 Å². The van der Waals surface area contributed by atoms with Crippen molar-refractivity contribution in [1.82, 2.24) is 21.3 Å². The third-order valence-electron chi connectivity index (χ3n) is 4.93. The molecule has 1 saturated heterocycles. The van der Waals surface area contributed by atoms with Crippen LogP contribution in [0.2, 0.25) is 0 Å². The second-order valence-corrected chi connectivity index (χ2v) is 10.1. The molecule has 6 atom stereocenters. The number of carbonyl (C=O) groups excluding carboxylic acids is 4. The van der Waals surface area contributed by atoms with Gasteiger partial charge in [0.1, 0.15) is 0 Å². The van der Waals surface area contributed by atoms with E-state index in [0.717, 1.165) is 11.8 Å². The average Bonchev–Trinajstić information content (AvgIpc) is 2.75. The Morgan fingerprint density at radius 1 is 1.09 bits per heavy atom. The maximum absolute atomic E-state index is 12.7. The molecule has 0 aliphatic carbocycles. The third-order valence-corrected chi connectivity index (χ3v) is 7.36. The van der Waals surface area contributed by atoms with Crippen LogP contribution in [0.25, 0.3) is 0 Å². The SMILES string of the molecule is CCCC1N[C](=[Mo])[C@H](CC(N)=O)NC(=O)[C@H](C)NC(=O)C(CO)NC(=O)[C@@H](N)CSC1C(=O)O. The van der Waals surface area contributed by atoms with Crippen molar-refractivity contribution in [2.24, 2.45) is 11.5 Å². The van der Waals surface area contributed by atoms with Gasteiger partial charge in [-0.2, -0.15) is 0 Å². The van der Waals surface area contributed by atoms with Crippen LogP contribution < -0.4 is 32.7 Å². The maximum atomic E-state index is 12.7. The monoisotopic (exact) mass is 586 g/mol. The van der Waals surface area contributed by atoms with Crippen molar-refractivity contribution in [3.63, 3.8) is 0 Å². The summed E-state index contributed by atoms with van der Waals surface area (Å²) in [6, 6.07) is -5.08. The Morgan fingerprint density at radius 2 is 1.71 bits per heavy atom. The molecule has 1 aliphatic heterocycles. The molecule has 34 heavy (non-hydrogen) atoms. The van der Waals surface area contributed by atoms with E-state index in [0.29, 0.717) is 16.9 Å². The van der Waals surface area contributed by atoms with Crippen LogP contribution in [0, 0.1) is 0 Å². The number of nitrogens with one attached hydrogen (secondary N) is 4. The van der Waals surface area contributed by atoms with Gasteiger partial charge in [0.25, 0.3) is 0 Å². The van der Waals surface area contributed by atoms with E-state index in [4.69, 9.17) is 11.5 Å². The zero-order chi connectivity index (χ0) is 26.0. The Kier molecular flexibility index (Phi) is 12.9. The molecule has 1 fully saturated rings. The van der Waals surface area contributed by atoms with Crippen LogP contribution in [0.15, 0.2) is 0 Å². The first-order chi connectivity index (χ1) is 15.9. The molecule has 0 radical (unpaired) electrons. The molecule has 1 aliphatic rings. The second-order valence-electron chi connectivity index (χ2n) is 7.81. The molecule has 4 amide bonds. The predicted molar refractivity (Wildman–Crippen MR) is 121 cm³/mol. The minimum atomic E-state index is -1.37. The molecule has 15 heteroatoms. The van der Waals surface area contributed by atoms with Gasteiger partial charge in [0, 0.05) is 0 Å². The first kappa shape index (κ1) is 30.2. The van der Waals surface area contributed by atoms with E-state index in [2.05, 4.69) is 21.3 Å². The number of thioether (sulfide) groups is 1. The minimum absolute atomic E-state index is 0.0673. The number of carboxylic acid groups (broad SMARTS) is 1. The van der Waals surface area contributed by atoms with Gasteiger partial charge in [0.15, 0.2) is 0 Å². The van der Waals surface area contributed by atoms with E-state index in [-0.39, 0.29) is 12.2 Å². The normalized spacial score (nSPS) is 30.1. The molecular weight excluding hydrogens is 552 g/mol. The Hall–Kier alpha value is -1.86. The van der Waals surface area contributed by atoms with Gasteiger partial charge in [0.2, 0.25) is 0 Å². The molecule has 0 spiro atoms. The van der Waals surface area contributed by atoms with Gasteiger partial charge in [0.05, 0.1) is 0 Å². The number of nitrogens with two attached hydrogens (primary N) is 2. The summed E-state index contributed by atoms with van der Waals surface area (Å²) in [5.74, 6) is -4.10. The number of aliphatic hydroxyl groups is 1. The molecule has 10 N–H and O–H groups in total. The van der Waals surface area contributed by atoms with Crippen LogP contribution in [0.5, 0.6) is 0 Å². The summed E-state index contributed by atoms with van der Waals surface area (Å²) >= 11 is 2.47. The van der Waals surface area contributed by atoms with Gasteiger partial charge in [-0.3, -0.25) is 0 Å². The molecule has 13 nitrogen and oxygen atoms in total. The van der Waals surface area contributed by atoms with Crippen molar-refractivity contribution in [3.05, 3.63) is 0 Å². The first-order valence-electron chi connectivity index (χ1n) is 10.6. The fourth-order valence-corrected chi connectivity index (χ4v) is 4.96. The average molecular weight is 585 g/mol. The summed E-state index contributed by atoms with van der Waals surface area (Å²) in [5.41, 5.74) is 11.2. The number of carboxylic acids is 1. The number of aliphatic carboxylic acids is 1. The van der Waals surface area contributed by atoms with Crippen LogP contribution in [0.1, 0.15) is 33.1 Å². The molecule has 0 aromatic rings. The first-order valence-corrected chi connectivity index (χ1v) is 12.7. The number of primary amides is 1. The zero-order valence-electron chi connectivity index (χ0n) is 18.9. The second kappa shape index (κ2) is 14.5. The summed E-state index contributed by atoms with van der Waals surface area (Å²) in [5, 5.41) is 28.8. The standard InChI is InChI=1S/C19H32N6O7S.Mo/c1-3-4-12-15(19(31)32)33-8-11(20)17(29)25-13(7-26)18(30)23-9(2)16(28)24-10(6-22-12)5-14(21)27;/h9-13,15,22,26H,3-5,7-8,20H2,1-2H3,(H2,21,27)(H,23,30)(H,24,28)(H,25,29)(H,31,32);/t9-,10-,11-,12?,13?,15?;/m0./s1.